The molecule has 7 heteroatoms. The average molecular weight is 376 g/mol. The fourth-order valence-corrected chi connectivity index (χ4v) is 3.09. The van der Waals surface area contributed by atoms with Crippen molar-refractivity contribution in [2.45, 2.75) is 19.0 Å². The van der Waals surface area contributed by atoms with Crippen molar-refractivity contribution >= 4 is 17.5 Å². The van der Waals surface area contributed by atoms with Crippen LogP contribution in [-0.4, -0.2) is 29.8 Å². The summed E-state index contributed by atoms with van der Waals surface area (Å²) in [5.41, 5.74) is 0.347. The van der Waals surface area contributed by atoms with Crippen molar-refractivity contribution in [1.29, 1.82) is 0 Å². The number of benzene rings is 2. The molecule has 0 radical (unpaired) electrons. The van der Waals surface area contributed by atoms with E-state index in [1.807, 2.05) is 30.3 Å². The first-order valence-electron chi connectivity index (χ1n) is 8.63. The zero-order valence-electron chi connectivity index (χ0n) is 14.5. The van der Waals surface area contributed by atoms with Crippen LogP contribution in [0.4, 0.5) is 18.9 Å². The molecule has 0 bridgehead atoms. The number of nitrogens with zero attached hydrogens (tertiary/aromatic N) is 1. The molecule has 0 saturated carbocycles. The first-order chi connectivity index (χ1) is 12.8. The smallest absolute Gasteiger partial charge is 0.342 e. The van der Waals surface area contributed by atoms with Crippen molar-refractivity contribution in [3.8, 4) is 0 Å². The Hall–Kier alpha value is -2.83. The molecule has 3 rings (SSSR count). The van der Waals surface area contributed by atoms with Gasteiger partial charge in [-0.05, 0) is 30.2 Å². The lowest BCUT2D eigenvalue weighted by Crippen LogP contribution is -2.30. The molecule has 27 heavy (non-hydrogen) atoms. The van der Waals surface area contributed by atoms with Crippen molar-refractivity contribution in [3.63, 3.8) is 0 Å². The van der Waals surface area contributed by atoms with E-state index in [1.54, 1.807) is 4.90 Å². The summed E-state index contributed by atoms with van der Waals surface area (Å²) in [6.45, 7) is 0.784. The number of halogens is 3. The predicted octanol–water partition coefficient (Wildman–Crippen LogP) is 3.74. The molecule has 0 unspecified atom stereocenters. The summed E-state index contributed by atoms with van der Waals surface area (Å²) >= 11 is 0. The molecule has 0 aromatic heterocycles. The third kappa shape index (κ3) is 4.87. The second kappa shape index (κ2) is 7.82. The van der Waals surface area contributed by atoms with Crippen LogP contribution in [0.2, 0.25) is 0 Å². The van der Waals surface area contributed by atoms with Gasteiger partial charge in [-0.2, -0.15) is 13.2 Å². The van der Waals surface area contributed by atoms with E-state index in [4.69, 9.17) is 0 Å². The molecule has 1 aliphatic heterocycles. The highest BCUT2D eigenvalue weighted by molar-refractivity contribution is 5.97. The van der Waals surface area contributed by atoms with Gasteiger partial charge in [0.25, 0.3) is 0 Å². The molecule has 1 atom stereocenters. The third-order valence-corrected chi connectivity index (χ3v) is 4.56. The van der Waals surface area contributed by atoms with Crippen molar-refractivity contribution in [2.24, 2.45) is 5.92 Å². The summed E-state index contributed by atoms with van der Waals surface area (Å²) < 4.78 is 38.3. The van der Waals surface area contributed by atoms with Gasteiger partial charge >= 0.3 is 6.18 Å². The Morgan fingerprint density at radius 1 is 1.11 bits per heavy atom. The largest absolute Gasteiger partial charge is 0.416 e. The van der Waals surface area contributed by atoms with Crippen molar-refractivity contribution in [2.75, 3.05) is 18.4 Å². The van der Waals surface area contributed by atoms with Gasteiger partial charge in [-0.3, -0.25) is 9.59 Å². The summed E-state index contributed by atoms with van der Waals surface area (Å²) in [5.74, 6) is -1.12. The number of nitrogens with one attached hydrogen (secondary N) is 1. The lowest BCUT2D eigenvalue weighted by atomic mass is 10.1. The molecule has 0 aliphatic carbocycles. The molecule has 0 spiro atoms. The number of hydrogen-bond donors (Lipinski definition) is 1. The molecular formula is C20H19F3N2O2. The SMILES string of the molecule is O=C(Nc1cccc(C(F)(F)F)c1)[C@@H]1CC(=O)N(CCc2ccccc2)C1. The van der Waals surface area contributed by atoms with Crippen LogP contribution in [0, 0.1) is 5.92 Å². The van der Waals surface area contributed by atoms with E-state index >= 15 is 0 Å². The van der Waals surface area contributed by atoms with Gasteiger partial charge in [-0.15, -0.1) is 0 Å². The summed E-state index contributed by atoms with van der Waals surface area (Å²) in [6, 6.07) is 14.2. The molecule has 1 aliphatic rings. The molecule has 4 nitrogen and oxygen atoms in total. The van der Waals surface area contributed by atoms with Crippen molar-refractivity contribution in [3.05, 3.63) is 65.7 Å². The zero-order chi connectivity index (χ0) is 19.4. The minimum absolute atomic E-state index is 0.0690. The Bertz CT molecular complexity index is 821. The Morgan fingerprint density at radius 2 is 1.85 bits per heavy atom. The number of amides is 2. The highest BCUT2D eigenvalue weighted by Crippen LogP contribution is 2.31. The zero-order valence-corrected chi connectivity index (χ0v) is 14.5. The number of likely N-dealkylation sites (tertiary alicyclic amines) is 1. The number of rotatable bonds is 5. The topological polar surface area (TPSA) is 49.4 Å². The number of alkyl halides is 3. The minimum atomic E-state index is -4.47. The maximum Gasteiger partial charge on any atom is 0.416 e. The van der Waals surface area contributed by atoms with Crippen LogP contribution in [0.1, 0.15) is 17.5 Å². The first-order valence-corrected chi connectivity index (χ1v) is 8.63. The van der Waals surface area contributed by atoms with Gasteiger partial charge < -0.3 is 10.2 Å². The van der Waals surface area contributed by atoms with Crippen molar-refractivity contribution in [1.82, 2.24) is 4.90 Å². The molecule has 142 valence electrons. The molecule has 1 fully saturated rings. The maximum absolute atomic E-state index is 12.8. The van der Waals surface area contributed by atoms with Crippen LogP contribution < -0.4 is 5.32 Å². The number of carbonyl (C=O) groups is 2. The van der Waals surface area contributed by atoms with Gasteiger partial charge in [0.05, 0.1) is 11.5 Å². The standard InChI is InChI=1S/C20H19F3N2O2/c21-20(22,23)16-7-4-8-17(12-16)24-19(27)15-11-18(26)25(13-15)10-9-14-5-2-1-3-6-14/h1-8,12,15H,9-11,13H2,(H,24,27)/t15-/m1/s1. The quantitative estimate of drug-likeness (QED) is 0.864. The summed E-state index contributed by atoms with van der Waals surface area (Å²) in [4.78, 5) is 26.1. The minimum Gasteiger partial charge on any atom is -0.342 e. The molecule has 1 heterocycles. The normalized spacial score (nSPS) is 17.2. The second-order valence-corrected chi connectivity index (χ2v) is 6.54. The number of carbonyl (C=O) groups excluding carboxylic acids is 2. The molecule has 2 aromatic rings. The third-order valence-electron chi connectivity index (χ3n) is 4.56. The fourth-order valence-electron chi connectivity index (χ4n) is 3.09. The molecule has 1 N–H and O–H groups in total. The van der Waals surface area contributed by atoms with Crippen LogP contribution in [-0.2, 0) is 22.2 Å². The maximum atomic E-state index is 12.8. The van der Waals surface area contributed by atoms with E-state index < -0.39 is 23.6 Å². The van der Waals surface area contributed by atoms with Gasteiger partial charge in [0.15, 0.2) is 0 Å². The van der Waals surface area contributed by atoms with E-state index in [0.717, 1.165) is 17.7 Å². The molecule has 2 amide bonds. The summed E-state index contributed by atoms with van der Waals surface area (Å²) in [7, 11) is 0. The lowest BCUT2D eigenvalue weighted by molar-refractivity contribution is -0.137. The van der Waals surface area contributed by atoms with Gasteiger partial charge in [0, 0.05) is 25.2 Å². The van der Waals surface area contributed by atoms with E-state index in [-0.39, 0.29) is 24.6 Å². The van der Waals surface area contributed by atoms with Crippen LogP contribution in [0.5, 0.6) is 0 Å². The van der Waals surface area contributed by atoms with E-state index in [1.165, 1.54) is 12.1 Å². The Balaban J connectivity index is 1.57. The molecule has 2 aromatic carbocycles. The van der Waals surface area contributed by atoms with Crippen LogP contribution in [0.25, 0.3) is 0 Å². The van der Waals surface area contributed by atoms with Crippen molar-refractivity contribution < 1.29 is 22.8 Å². The van der Waals surface area contributed by atoms with Gasteiger partial charge in [0.2, 0.25) is 11.8 Å². The van der Waals surface area contributed by atoms with Gasteiger partial charge in [-0.1, -0.05) is 36.4 Å². The highest BCUT2D eigenvalue weighted by Gasteiger charge is 2.34. The van der Waals surface area contributed by atoms with Crippen LogP contribution in [0.3, 0.4) is 0 Å². The lowest BCUT2D eigenvalue weighted by Gasteiger charge is -2.17. The van der Waals surface area contributed by atoms with Crippen LogP contribution >= 0.6 is 0 Å². The molecule has 1 saturated heterocycles. The second-order valence-electron chi connectivity index (χ2n) is 6.54. The Kier molecular flexibility index (Phi) is 5.48. The van der Waals surface area contributed by atoms with E-state index in [2.05, 4.69) is 5.32 Å². The van der Waals surface area contributed by atoms with Gasteiger partial charge in [0.1, 0.15) is 0 Å². The van der Waals surface area contributed by atoms with Crippen LogP contribution in [0.15, 0.2) is 54.6 Å². The summed E-state index contributed by atoms with van der Waals surface area (Å²) in [5, 5.41) is 2.49. The monoisotopic (exact) mass is 376 g/mol. The first kappa shape index (κ1) is 18.9. The molecular weight excluding hydrogens is 357 g/mol. The Morgan fingerprint density at radius 3 is 2.56 bits per heavy atom. The predicted molar refractivity (Wildman–Crippen MR) is 94.9 cm³/mol. The van der Waals surface area contributed by atoms with E-state index in [0.29, 0.717) is 13.0 Å². The fraction of sp³-hybridized carbons (Fsp3) is 0.300. The summed E-state index contributed by atoms with van der Waals surface area (Å²) in [6.07, 6.45) is -3.72. The van der Waals surface area contributed by atoms with Gasteiger partial charge in [-0.25, -0.2) is 0 Å². The Labute approximate surface area is 155 Å². The van der Waals surface area contributed by atoms with E-state index in [9.17, 15) is 22.8 Å². The number of hydrogen-bond acceptors (Lipinski definition) is 2. The highest BCUT2D eigenvalue weighted by atomic mass is 19.4. The average Bonchev–Trinajstić information content (AvgIpc) is 3.01. The number of anilines is 1.